The number of methoxy groups -OCH3 is 1. The third-order valence-electron chi connectivity index (χ3n) is 2.24. The lowest BCUT2D eigenvalue weighted by molar-refractivity contribution is 0.102. The van der Waals surface area contributed by atoms with E-state index in [-0.39, 0.29) is 12.1 Å². The monoisotopic (exact) mass is 223 g/mol. The first kappa shape index (κ1) is 11.9. The van der Waals surface area contributed by atoms with E-state index in [9.17, 15) is 8.42 Å². The number of rotatable bonds is 4. The summed E-state index contributed by atoms with van der Waals surface area (Å²) in [6, 6.07) is -0.188. The molecule has 0 saturated carbocycles. The van der Waals surface area contributed by atoms with Gasteiger partial charge in [-0.3, -0.25) is 0 Å². The smallest absolute Gasteiger partial charge is 0.279 e. The number of nitrogens with zero attached hydrogens (tertiary/aromatic N) is 1. The zero-order chi connectivity index (χ0) is 10.8. The Morgan fingerprint density at radius 1 is 1.43 bits per heavy atom. The van der Waals surface area contributed by atoms with Crippen LogP contribution < -0.4 is 10.0 Å². The second-order valence-electron chi connectivity index (χ2n) is 3.44. The molecule has 2 atom stereocenters. The van der Waals surface area contributed by atoms with Gasteiger partial charge in [-0.2, -0.15) is 17.4 Å². The predicted octanol–water partition coefficient (Wildman–Crippen LogP) is -1.63. The highest BCUT2D eigenvalue weighted by Gasteiger charge is 2.31. The Bertz CT molecular complexity index is 278. The Morgan fingerprint density at radius 2 is 2.07 bits per heavy atom. The normalized spacial score (nSPS) is 28.6. The van der Waals surface area contributed by atoms with Crippen molar-refractivity contribution in [1.82, 2.24) is 14.3 Å². The van der Waals surface area contributed by atoms with Crippen molar-refractivity contribution in [1.29, 1.82) is 0 Å². The summed E-state index contributed by atoms with van der Waals surface area (Å²) in [4.78, 5) is 0. The van der Waals surface area contributed by atoms with Crippen LogP contribution in [0.4, 0.5) is 0 Å². The second kappa shape index (κ2) is 4.54. The van der Waals surface area contributed by atoms with Crippen molar-refractivity contribution < 1.29 is 13.2 Å². The Morgan fingerprint density at radius 3 is 2.57 bits per heavy atom. The molecular weight excluding hydrogens is 206 g/mol. The van der Waals surface area contributed by atoms with Crippen LogP contribution in [0.1, 0.15) is 0 Å². The molecule has 1 heterocycles. The minimum absolute atomic E-state index is 0.0928. The average Bonchev–Trinajstić information content (AvgIpc) is 2.50. The van der Waals surface area contributed by atoms with Crippen molar-refractivity contribution >= 4 is 10.2 Å². The highest BCUT2D eigenvalue weighted by molar-refractivity contribution is 7.87. The van der Waals surface area contributed by atoms with E-state index in [0.717, 1.165) is 4.31 Å². The molecule has 0 aromatic heterocycles. The molecule has 2 N–H and O–H groups in total. The Balaban J connectivity index is 2.60. The van der Waals surface area contributed by atoms with Crippen molar-refractivity contribution in [3.63, 3.8) is 0 Å². The summed E-state index contributed by atoms with van der Waals surface area (Å²) in [5, 5.41) is 3.06. The van der Waals surface area contributed by atoms with Crippen LogP contribution in [0, 0.1) is 0 Å². The Kier molecular flexibility index (Phi) is 3.85. The van der Waals surface area contributed by atoms with Gasteiger partial charge in [-0.05, 0) is 0 Å². The van der Waals surface area contributed by atoms with Crippen molar-refractivity contribution in [2.45, 2.75) is 12.1 Å². The Labute approximate surface area is 84.8 Å². The van der Waals surface area contributed by atoms with E-state index in [2.05, 4.69) is 10.0 Å². The van der Waals surface area contributed by atoms with Crippen molar-refractivity contribution in [3.8, 4) is 0 Å². The molecule has 0 aliphatic carbocycles. The van der Waals surface area contributed by atoms with E-state index in [1.54, 1.807) is 7.11 Å². The highest BCUT2D eigenvalue weighted by Crippen LogP contribution is 2.05. The largest absolute Gasteiger partial charge is 0.378 e. The maximum absolute atomic E-state index is 11.5. The molecule has 0 radical (unpaired) electrons. The first-order valence-corrected chi connectivity index (χ1v) is 5.84. The molecule has 1 aliphatic heterocycles. The number of hydrogen-bond acceptors (Lipinski definition) is 4. The fourth-order valence-corrected chi connectivity index (χ4v) is 2.15. The van der Waals surface area contributed by atoms with E-state index < -0.39 is 10.2 Å². The first-order chi connectivity index (χ1) is 6.47. The van der Waals surface area contributed by atoms with Gasteiger partial charge >= 0.3 is 0 Å². The van der Waals surface area contributed by atoms with E-state index in [1.165, 1.54) is 14.1 Å². The topological polar surface area (TPSA) is 70.7 Å². The lowest BCUT2D eigenvalue weighted by Crippen LogP contribution is -2.47. The third-order valence-corrected chi connectivity index (χ3v) is 3.80. The summed E-state index contributed by atoms with van der Waals surface area (Å²) in [6.45, 7) is 1.28. The SMILES string of the molecule is COC1CNCC1NS(=O)(=O)N(C)C. The van der Waals surface area contributed by atoms with Crippen LogP contribution in [0.25, 0.3) is 0 Å². The molecule has 1 rings (SSSR count). The molecule has 0 aromatic carbocycles. The van der Waals surface area contributed by atoms with Gasteiger partial charge < -0.3 is 10.1 Å². The van der Waals surface area contributed by atoms with Gasteiger partial charge in [-0.25, -0.2) is 0 Å². The fourth-order valence-electron chi connectivity index (χ4n) is 1.32. The number of nitrogens with one attached hydrogen (secondary N) is 2. The maximum atomic E-state index is 11.5. The molecule has 7 heteroatoms. The zero-order valence-electron chi connectivity index (χ0n) is 8.65. The zero-order valence-corrected chi connectivity index (χ0v) is 9.47. The molecule has 14 heavy (non-hydrogen) atoms. The molecular formula is C7H17N3O3S. The van der Waals surface area contributed by atoms with E-state index >= 15 is 0 Å². The van der Waals surface area contributed by atoms with Gasteiger partial charge in [0.25, 0.3) is 10.2 Å². The standard InChI is InChI=1S/C7H17N3O3S/c1-10(2)14(11,12)9-6-4-8-5-7(6)13-3/h6-9H,4-5H2,1-3H3. The summed E-state index contributed by atoms with van der Waals surface area (Å²) < 4.78 is 31.8. The third kappa shape index (κ3) is 2.64. The molecule has 1 saturated heterocycles. The first-order valence-electron chi connectivity index (χ1n) is 4.40. The predicted molar refractivity (Wildman–Crippen MR) is 53.2 cm³/mol. The van der Waals surface area contributed by atoms with Crippen LogP contribution >= 0.6 is 0 Å². The highest BCUT2D eigenvalue weighted by atomic mass is 32.2. The summed E-state index contributed by atoms with van der Waals surface area (Å²) in [5.41, 5.74) is 0. The van der Waals surface area contributed by atoms with Gasteiger partial charge in [0.15, 0.2) is 0 Å². The van der Waals surface area contributed by atoms with Crippen LogP contribution in [-0.2, 0) is 14.9 Å². The van der Waals surface area contributed by atoms with Crippen LogP contribution in [-0.4, -0.2) is 59.2 Å². The molecule has 0 aromatic rings. The van der Waals surface area contributed by atoms with Gasteiger partial charge in [-0.15, -0.1) is 0 Å². The van der Waals surface area contributed by atoms with Gasteiger partial charge in [0, 0.05) is 34.3 Å². The van der Waals surface area contributed by atoms with Crippen molar-refractivity contribution in [2.24, 2.45) is 0 Å². The van der Waals surface area contributed by atoms with Crippen LogP contribution in [0.5, 0.6) is 0 Å². The average molecular weight is 223 g/mol. The van der Waals surface area contributed by atoms with Crippen LogP contribution in [0.15, 0.2) is 0 Å². The minimum atomic E-state index is -3.36. The van der Waals surface area contributed by atoms with E-state index in [1.807, 2.05) is 0 Å². The number of ether oxygens (including phenoxy) is 1. The molecule has 0 bridgehead atoms. The van der Waals surface area contributed by atoms with E-state index in [4.69, 9.17) is 4.74 Å². The lowest BCUT2D eigenvalue weighted by atomic mass is 10.2. The molecule has 0 spiro atoms. The van der Waals surface area contributed by atoms with Crippen LogP contribution in [0.3, 0.4) is 0 Å². The van der Waals surface area contributed by atoms with Crippen molar-refractivity contribution in [3.05, 3.63) is 0 Å². The summed E-state index contributed by atoms with van der Waals surface area (Å²) in [5.74, 6) is 0. The van der Waals surface area contributed by atoms with Crippen molar-refractivity contribution in [2.75, 3.05) is 34.3 Å². The quantitative estimate of drug-likeness (QED) is 0.600. The van der Waals surface area contributed by atoms with Crippen LogP contribution in [0.2, 0.25) is 0 Å². The number of hydrogen-bond donors (Lipinski definition) is 2. The molecule has 0 amide bonds. The van der Waals surface area contributed by atoms with Gasteiger partial charge in [0.2, 0.25) is 0 Å². The molecule has 84 valence electrons. The maximum Gasteiger partial charge on any atom is 0.279 e. The molecule has 6 nitrogen and oxygen atoms in total. The molecule has 2 unspecified atom stereocenters. The minimum Gasteiger partial charge on any atom is -0.378 e. The summed E-state index contributed by atoms with van der Waals surface area (Å²) in [6.07, 6.45) is -0.0928. The summed E-state index contributed by atoms with van der Waals surface area (Å²) >= 11 is 0. The lowest BCUT2D eigenvalue weighted by Gasteiger charge is -2.20. The molecule has 1 fully saturated rings. The Hall–Kier alpha value is -0.210. The molecule has 1 aliphatic rings. The second-order valence-corrected chi connectivity index (χ2v) is 5.36. The van der Waals surface area contributed by atoms with E-state index in [0.29, 0.717) is 13.1 Å². The fraction of sp³-hybridized carbons (Fsp3) is 1.00. The summed E-state index contributed by atoms with van der Waals surface area (Å²) in [7, 11) is 1.20. The van der Waals surface area contributed by atoms with Gasteiger partial charge in [0.05, 0.1) is 12.1 Å². The van der Waals surface area contributed by atoms with Gasteiger partial charge in [0.1, 0.15) is 0 Å². The van der Waals surface area contributed by atoms with Gasteiger partial charge in [-0.1, -0.05) is 0 Å².